The third-order valence-electron chi connectivity index (χ3n) is 4.07. The van der Waals surface area contributed by atoms with Crippen LogP contribution in [0.15, 0.2) is 60.0 Å². The van der Waals surface area contributed by atoms with Crippen LogP contribution in [-0.2, 0) is 0 Å². The SMILES string of the molecule is C=Cc1c(C)cccc1-c1ccccc1-n1cc(O)c(=O)c(C(=O)O)n1. The van der Waals surface area contributed by atoms with Crippen LogP contribution in [0.3, 0.4) is 0 Å². The summed E-state index contributed by atoms with van der Waals surface area (Å²) >= 11 is 0. The van der Waals surface area contributed by atoms with Gasteiger partial charge in [0.2, 0.25) is 5.69 Å². The van der Waals surface area contributed by atoms with Gasteiger partial charge in [0.25, 0.3) is 5.43 Å². The molecule has 6 heteroatoms. The number of carboxylic acid groups (broad SMARTS) is 1. The maximum atomic E-state index is 11.8. The van der Waals surface area contributed by atoms with Crippen molar-refractivity contribution in [1.82, 2.24) is 9.78 Å². The van der Waals surface area contributed by atoms with E-state index < -0.39 is 22.8 Å². The summed E-state index contributed by atoms with van der Waals surface area (Å²) in [4.78, 5) is 23.0. The van der Waals surface area contributed by atoms with Gasteiger partial charge in [-0.2, -0.15) is 5.10 Å². The van der Waals surface area contributed by atoms with E-state index in [1.807, 2.05) is 37.3 Å². The Morgan fingerprint density at radius 1 is 1.15 bits per heavy atom. The van der Waals surface area contributed by atoms with Gasteiger partial charge in [-0.25, -0.2) is 9.48 Å². The molecule has 0 aliphatic heterocycles. The molecule has 26 heavy (non-hydrogen) atoms. The number of nitrogens with zero attached hydrogens (tertiary/aromatic N) is 2. The van der Waals surface area contributed by atoms with Crippen molar-refractivity contribution in [2.75, 3.05) is 0 Å². The zero-order valence-corrected chi connectivity index (χ0v) is 14.0. The summed E-state index contributed by atoms with van der Waals surface area (Å²) in [6, 6.07) is 13.0. The first kappa shape index (κ1) is 17.2. The molecule has 0 atom stereocenters. The molecule has 6 nitrogen and oxygen atoms in total. The van der Waals surface area contributed by atoms with Gasteiger partial charge in [-0.05, 0) is 29.7 Å². The normalized spacial score (nSPS) is 10.5. The zero-order valence-electron chi connectivity index (χ0n) is 14.0. The molecule has 1 aromatic heterocycles. The van der Waals surface area contributed by atoms with E-state index in [1.165, 1.54) is 4.68 Å². The number of benzene rings is 2. The van der Waals surface area contributed by atoms with Crippen LogP contribution in [0, 0.1) is 6.92 Å². The van der Waals surface area contributed by atoms with Crippen molar-refractivity contribution in [3.05, 3.63) is 82.3 Å². The molecular formula is C20H16N2O4. The van der Waals surface area contributed by atoms with Gasteiger partial charge in [-0.15, -0.1) is 0 Å². The number of hydrogen-bond donors (Lipinski definition) is 2. The minimum atomic E-state index is -1.50. The van der Waals surface area contributed by atoms with Crippen LogP contribution in [0.4, 0.5) is 0 Å². The quantitative estimate of drug-likeness (QED) is 0.755. The van der Waals surface area contributed by atoms with Gasteiger partial charge >= 0.3 is 5.97 Å². The van der Waals surface area contributed by atoms with Crippen molar-refractivity contribution in [2.45, 2.75) is 6.92 Å². The minimum Gasteiger partial charge on any atom is -0.503 e. The maximum absolute atomic E-state index is 11.8. The molecule has 0 saturated heterocycles. The lowest BCUT2D eigenvalue weighted by molar-refractivity contribution is 0.0686. The fourth-order valence-electron chi connectivity index (χ4n) is 2.83. The first-order chi connectivity index (χ1) is 12.4. The Balaban J connectivity index is 2.31. The number of aryl methyl sites for hydroxylation is 1. The summed E-state index contributed by atoms with van der Waals surface area (Å²) < 4.78 is 1.20. The average molecular weight is 348 g/mol. The van der Waals surface area contributed by atoms with Gasteiger partial charge in [0.1, 0.15) is 0 Å². The lowest BCUT2D eigenvalue weighted by atomic mass is 9.95. The molecule has 0 spiro atoms. The van der Waals surface area contributed by atoms with Gasteiger partial charge in [0, 0.05) is 5.56 Å². The summed E-state index contributed by atoms with van der Waals surface area (Å²) in [5.74, 6) is -2.18. The van der Waals surface area contributed by atoms with Gasteiger partial charge in [-0.3, -0.25) is 4.79 Å². The molecule has 0 fully saturated rings. The first-order valence-corrected chi connectivity index (χ1v) is 7.82. The molecule has 0 amide bonds. The smallest absolute Gasteiger partial charge is 0.360 e. The van der Waals surface area contributed by atoms with Crippen molar-refractivity contribution in [3.63, 3.8) is 0 Å². The van der Waals surface area contributed by atoms with Crippen LogP contribution >= 0.6 is 0 Å². The van der Waals surface area contributed by atoms with E-state index in [0.717, 1.165) is 28.5 Å². The Labute approximate surface area is 149 Å². The topological polar surface area (TPSA) is 92.4 Å². The summed E-state index contributed by atoms with van der Waals surface area (Å²) in [7, 11) is 0. The Bertz CT molecular complexity index is 1080. The number of aromatic carboxylic acids is 1. The average Bonchev–Trinajstić information content (AvgIpc) is 2.63. The van der Waals surface area contributed by atoms with Crippen LogP contribution in [0.5, 0.6) is 5.75 Å². The van der Waals surface area contributed by atoms with Crippen molar-refractivity contribution >= 4 is 12.0 Å². The number of aromatic nitrogens is 2. The minimum absolute atomic E-state index is 0.527. The van der Waals surface area contributed by atoms with Gasteiger partial charge in [-0.1, -0.05) is 49.1 Å². The van der Waals surface area contributed by atoms with Crippen LogP contribution in [-0.4, -0.2) is 26.0 Å². The molecule has 0 unspecified atom stereocenters. The summed E-state index contributed by atoms with van der Waals surface area (Å²) in [5, 5.41) is 22.9. The fourth-order valence-corrected chi connectivity index (χ4v) is 2.83. The number of para-hydroxylation sites is 1. The molecule has 130 valence electrons. The third kappa shape index (κ3) is 2.88. The lowest BCUT2D eigenvalue weighted by Crippen LogP contribution is -2.21. The molecular weight excluding hydrogens is 332 g/mol. The van der Waals surface area contributed by atoms with E-state index >= 15 is 0 Å². The monoisotopic (exact) mass is 348 g/mol. The van der Waals surface area contributed by atoms with Gasteiger partial charge in [0.05, 0.1) is 11.9 Å². The second-order valence-electron chi connectivity index (χ2n) is 5.70. The Morgan fingerprint density at radius 2 is 1.85 bits per heavy atom. The van der Waals surface area contributed by atoms with Crippen LogP contribution in [0.2, 0.25) is 0 Å². The molecule has 0 aliphatic carbocycles. The first-order valence-electron chi connectivity index (χ1n) is 7.82. The Kier molecular flexibility index (Phi) is 4.41. The van der Waals surface area contributed by atoms with Crippen molar-refractivity contribution in [1.29, 1.82) is 0 Å². The van der Waals surface area contributed by atoms with Gasteiger partial charge < -0.3 is 10.2 Å². The molecule has 2 N–H and O–H groups in total. The Hall–Kier alpha value is -3.67. The lowest BCUT2D eigenvalue weighted by Gasteiger charge is -2.15. The predicted octanol–water partition coefficient (Wildman–Crippen LogP) is 3.25. The number of aromatic hydroxyl groups is 1. The van der Waals surface area contributed by atoms with E-state index in [-0.39, 0.29) is 0 Å². The molecule has 3 rings (SSSR count). The molecule has 3 aromatic rings. The second-order valence-corrected chi connectivity index (χ2v) is 5.70. The summed E-state index contributed by atoms with van der Waals surface area (Å²) in [5.41, 5.74) is 2.38. The van der Waals surface area contributed by atoms with E-state index in [9.17, 15) is 14.7 Å². The van der Waals surface area contributed by atoms with E-state index in [2.05, 4.69) is 11.7 Å². The maximum Gasteiger partial charge on any atom is 0.360 e. The highest BCUT2D eigenvalue weighted by molar-refractivity contribution is 5.86. The van der Waals surface area contributed by atoms with Crippen LogP contribution < -0.4 is 5.43 Å². The van der Waals surface area contributed by atoms with E-state index in [1.54, 1.807) is 18.2 Å². The van der Waals surface area contributed by atoms with Crippen LogP contribution in [0.25, 0.3) is 22.9 Å². The van der Waals surface area contributed by atoms with Gasteiger partial charge in [0.15, 0.2) is 5.75 Å². The van der Waals surface area contributed by atoms with E-state index in [0.29, 0.717) is 5.69 Å². The summed E-state index contributed by atoms with van der Waals surface area (Å²) in [6.45, 7) is 5.83. The Morgan fingerprint density at radius 3 is 2.54 bits per heavy atom. The molecule has 0 radical (unpaired) electrons. The molecule has 0 bridgehead atoms. The summed E-state index contributed by atoms with van der Waals surface area (Å²) in [6.07, 6.45) is 2.86. The third-order valence-corrected chi connectivity index (χ3v) is 4.07. The second kappa shape index (κ2) is 6.68. The number of rotatable bonds is 4. The standard InChI is InChI=1S/C20H16N2O4/c1-3-13-12(2)7-6-9-14(13)15-8-4-5-10-16(15)22-11-17(23)19(24)18(21-22)20(25)26/h3-11,23H,1H2,2H3,(H,25,26). The number of hydrogen-bond acceptors (Lipinski definition) is 4. The highest BCUT2D eigenvalue weighted by Gasteiger charge is 2.18. The molecule has 2 aromatic carbocycles. The highest BCUT2D eigenvalue weighted by atomic mass is 16.4. The molecule has 1 heterocycles. The van der Waals surface area contributed by atoms with Crippen molar-refractivity contribution < 1.29 is 15.0 Å². The largest absolute Gasteiger partial charge is 0.503 e. The fraction of sp³-hybridized carbons (Fsp3) is 0.0500. The molecule has 0 aliphatic rings. The van der Waals surface area contributed by atoms with E-state index in [4.69, 9.17) is 5.11 Å². The highest BCUT2D eigenvalue weighted by Crippen LogP contribution is 2.31. The number of carbonyl (C=O) groups is 1. The number of carboxylic acids is 1. The molecule has 0 saturated carbocycles. The van der Waals surface area contributed by atoms with Crippen molar-refractivity contribution in [2.24, 2.45) is 0 Å². The van der Waals surface area contributed by atoms with Crippen LogP contribution in [0.1, 0.15) is 21.6 Å². The predicted molar refractivity (Wildman–Crippen MR) is 98.7 cm³/mol. The van der Waals surface area contributed by atoms with Crippen molar-refractivity contribution in [3.8, 4) is 22.6 Å². The zero-order chi connectivity index (χ0) is 18.8.